The van der Waals surface area contributed by atoms with E-state index in [-0.39, 0.29) is 18.8 Å². The van der Waals surface area contributed by atoms with Crippen LogP contribution in [0, 0.1) is 0 Å². The van der Waals surface area contributed by atoms with Crippen molar-refractivity contribution in [3.05, 3.63) is 0 Å². The van der Waals surface area contributed by atoms with Gasteiger partial charge in [-0.3, -0.25) is 4.90 Å². The minimum atomic E-state index is -0.399. The molecule has 4 heteroatoms. The summed E-state index contributed by atoms with van der Waals surface area (Å²) in [7, 11) is 0. The van der Waals surface area contributed by atoms with Crippen molar-refractivity contribution in [3.8, 4) is 0 Å². The lowest BCUT2D eigenvalue weighted by molar-refractivity contribution is 0.0914. The van der Waals surface area contributed by atoms with Crippen molar-refractivity contribution < 1.29 is 15.3 Å². The first-order valence-corrected chi connectivity index (χ1v) is 4.34. The molecule has 0 amide bonds. The van der Waals surface area contributed by atoms with Gasteiger partial charge in [0, 0.05) is 19.1 Å². The van der Waals surface area contributed by atoms with Crippen molar-refractivity contribution in [1.82, 2.24) is 4.90 Å². The lowest BCUT2D eigenvalue weighted by atomic mass is 10.2. The first kappa shape index (κ1) is 9.92. The second-order valence-electron chi connectivity index (χ2n) is 3.53. The molecule has 1 fully saturated rings. The summed E-state index contributed by atoms with van der Waals surface area (Å²) in [5.41, 5.74) is 0. The van der Waals surface area contributed by atoms with Crippen LogP contribution in [0.1, 0.15) is 13.3 Å². The van der Waals surface area contributed by atoms with Crippen LogP contribution in [-0.4, -0.2) is 58.2 Å². The molecule has 1 aliphatic heterocycles. The summed E-state index contributed by atoms with van der Waals surface area (Å²) in [4.78, 5) is 1.93. The molecule has 72 valence electrons. The first-order chi connectivity index (χ1) is 5.63. The van der Waals surface area contributed by atoms with Crippen molar-refractivity contribution in [2.75, 3.05) is 19.7 Å². The summed E-state index contributed by atoms with van der Waals surface area (Å²) in [6, 6.07) is 0.0228. The molecule has 1 aliphatic rings. The van der Waals surface area contributed by atoms with E-state index >= 15 is 0 Å². The number of hydrogen-bond donors (Lipinski definition) is 3. The SMILES string of the molecule is CC(O)CN1C[C@@H](O)C[C@H]1CO. The molecular formula is C8H17NO3. The number of aliphatic hydroxyl groups is 3. The largest absolute Gasteiger partial charge is 0.395 e. The maximum absolute atomic E-state index is 9.28. The predicted octanol–water partition coefficient (Wildman–Crippen LogP) is -1.21. The summed E-state index contributed by atoms with van der Waals surface area (Å²) in [6.45, 7) is 2.86. The van der Waals surface area contributed by atoms with Crippen LogP contribution >= 0.6 is 0 Å². The third-order valence-electron chi connectivity index (χ3n) is 2.22. The Morgan fingerprint density at radius 3 is 2.75 bits per heavy atom. The standard InChI is InChI=1S/C8H17NO3/c1-6(11)3-9-4-8(12)2-7(9)5-10/h6-8,10-12H,2-5H2,1H3/t6?,7-,8-/m0/s1. The Bertz CT molecular complexity index is 140. The van der Waals surface area contributed by atoms with Gasteiger partial charge >= 0.3 is 0 Å². The third-order valence-corrected chi connectivity index (χ3v) is 2.22. The van der Waals surface area contributed by atoms with Gasteiger partial charge in [-0.05, 0) is 13.3 Å². The van der Waals surface area contributed by atoms with Crippen LogP contribution in [0.25, 0.3) is 0 Å². The Hall–Kier alpha value is -0.160. The molecule has 3 N–H and O–H groups in total. The number of β-amino-alcohol motifs (C(OH)–C–C–N with tert-alkyl or cyclic N) is 2. The second kappa shape index (κ2) is 4.18. The van der Waals surface area contributed by atoms with E-state index in [0.29, 0.717) is 19.5 Å². The Morgan fingerprint density at radius 2 is 2.25 bits per heavy atom. The number of hydrogen-bond acceptors (Lipinski definition) is 4. The molecular weight excluding hydrogens is 158 g/mol. The fraction of sp³-hybridized carbons (Fsp3) is 1.00. The first-order valence-electron chi connectivity index (χ1n) is 4.34. The minimum absolute atomic E-state index is 0.0228. The van der Waals surface area contributed by atoms with Gasteiger partial charge in [0.25, 0.3) is 0 Å². The fourth-order valence-corrected chi connectivity index (χ4v) is 1.71. The molecule has 0 spiro atoms. The summed E-state index contributed by atoms with van der Waals surface area (Å²) >= 11 is 0. The Balaban J connectivity index is 2.40. The van der Waals surface area contributed by atoms with Gasteiger partial charge in [0.2, 0.25) is 0 Å². The van der Waals surface area contributed by atoms with E-state index in [9.17, 15) is 5.11 Å². The highest BCUT2D eigenvalue weighted by Crippen LogP contribution is 2.17. The van der Waals surface area contributed by atoms with Crippen LogP contribution in [0.4, 0.5) is 0 Å². The average Bonchev–Trinajstić information content (AvgIpc) is 2.29. The van der Waals surface area contributed by atoms with E-state index in [1.165, 1.54) is 0 Å². The van der Waals surface area contributed by atoms with Crippen LogP contribution in [0.2, 0.25) is 0 Å². The zero-order valence-electron chi connectivity index (χ0n) is 7.35. The molecule has 0 aromatic heterocycles. The number of likely N-dealkylation sites (tertiary alicyclic amines) is 1. The van der Waals surface area contributed by atoms with Crippen molar-refractivity contribution in [2.24, 2.45) is 0 Å². The lowest BCUT2D eigenvalue weighted by Gasteiger charge is -2.23. The molecule has 0 bridgehead atoms. The zero-order valence-corrected chi connectivity index (χ0v) is 7.35. The number of nitrogens with zero attached hydrogens (tertiary/aromatic N) is 1. The molecule has 1 heterocycles. The summed E-state index contributed by atoms with van der Waals surface area (Å²) in [5, 5.41) is 27.3. The Kier molecular flexibility index (Phi) is 3.46. The molecule has 4 nitrogen and oxygen atoms in total. The van der Waals surface area contributed by atoms with E-state index in [1.54, 1.807) is 6.92 Å². The molecule has 0 aromatic rings. The minimum Gasteiger partial charge on any atom is -0.395 e. The van der Waals surface area contributed by atoms with Gasteiger partial charge < -0.3 is 15.3 Å². The summed E-state index contributed by atoms with van der Waals surface area (Å²) < 4.78 is 0. The van der Waals surface area contributed by atoms with Crippen LogP contribution < -0.4 is 0 Å². The van der Waals surface area contributed by atoms with Gasteiger partial charge in [0.1, 0.15) is 0 Å². The van der Waals surface area contributed by atoms with Gasteiger partial charge in [-0.1, -0.05) is 0 Å². The molecule has 3 atom stereocenters. The highest BCUT2D eigenvalue weighted by Gasteiger charge is 2.30. The molecule has 1 rings (SSSR count). The highest BCUT2D eigenvalue weighted by atomic mass is 16.3. The van der Waals surface area contributed by atoms with E-state index in [2.05, 4.69) is 0 Å². The van der Waals surface area contributed by atoms with Crippen molar-refractivity contribution in [2.45, 2.75) is 31.6 Å². The highest BCUT2D eigenvalue weighted by molar-refractivity contribution is 4.85. The topological polar surface area (TPSA) is 63.9 Å². The van der Waals surface area contributed by atoms with Crippen LogP contribution in [-0.2, 0) is 0 Å². The van der Waals surface area contributed by atoms with E-state index in [0.717, 1.165) is 0 Å². The predicted molar refractivity (Wildman–Crippen MR) is 44.8 cm³/mol. The van der Waals surface area contributed by atoms with E-state index in [1.807, 2.05) is 4.90 Å². The lowest BCUT2D eigenvalue weighted by Crippen LogP contribution is -2.37. The summed E-state index contributed by atoms with van der Waals surface area (Å²) in [6.07, 6.45) is -0.131. The average molecular weight is 175 g/mol. The second-order valence-corrected chi connectivity index (χ2v) is 3.53. The maximum atomic E-state index is 9.28. The molecule has 0 aliphatic carbocycles. The smallest absolute Gasteiger partial charge is 0.0683 e. The monoisotopic (exact) mass is 175 g/mol. The summed E-state index contributed by atoms with van der Waals surface area (Å²) in [5.74, 6) is 0. The fourth-order valence-electron chi connectivity index (χ4n) is 1.71. The third kappa shape index (κ3) is 2.42. The van der Waals surface area contributed by atoms with E-state index in [4.69, 9.17) is 10.2 Å². The van der Waals surface area contributed by atoms with Gasteiger partial charge in [-0.25, -0.2) is 0 Å². The molecule has 12 heavy (non-hydrogen) atoms. The van der Waals surface area contributed by atoms with Gasteiger partial charge in [0.15, 0.2) is 0 Å². The molecule has 0 saturated carbocycles. The van der Waals surface area contributed by atoms with Crippen LogP contribution in [0.3, 0.4) is 0 Å². The van der Waals surface area contributed by atoms with Gasteiger partial charge in [-0.15, -0.1) is 0 Å². The molecule has 0 radical (unpaired) electrons. The van der Waals surface area contributed by atoms with Crippen LogP contribution in [0.15, 0.2) is 0 Å². The van der Waals surface area contributed by atoms with E-state index < -0.39 is 6.10 Å². The number of rotatable bonds is 3. The molecule has 1 unspecified atom stereocenters. The Labute approximate surface area is 72.4 Å². The normalized spacial score (nSPS) is 34.0. The van der Waals surface area contributed by atoms with Gasteiger partial charge in [0.05, 0.1) is 18.8 Å². The maximum Gasteiger partial charge on any atom is 0.0683 e. The van der Waals surface area contributed by atoms with Crippen molar-refractivity contribution >= 4 is 0 Å². The number of aliphatic hydroxyl groups excluding tert-OH is 3. The zero-order chi connectivity index (χ0) is 9.14. The molecule has 1 saturated heterocycles. The van der Waals surface area contributed by atoms with Crippen LogP contribution in [0.5, 0.6) is 0 Å². The van der Waals surface area contributed by atoms with Gasteiger partial charge in [-0.2, -0.15) is 0 Å². The van der Waals surface area contributed by atoms with Crippen molar-refractivity contribution in [1.29, 1.82) is 0 Å². The molecule has 0 aromatic carbocycles. The quantitative estimate of drug-likeness (QED) is 0.504. The van der Waals surface area contributed by atoms with Crippen molar-refractivity contribution in [3.63, 3.8) is 0 Å². The Morgan fingerprint density at radius 1 is 1.58 bits per heavy atom.